The summed E-state index contributed by atoms with van der Waals surface area (Å²) in [5, 5.41) is 17.2. The summed E-state index contributed by atoms with van der Waals surface area (Å²) in [5.41, 5.74) is 3.68. The number of nitrogens with one attached hydrogen (secondary N) is 2. The molecule has 2 amide bonds. The molecule has 146 valence electrons. The maximum atomic E-state index is 12.3. The Kier molecular flexibility index (Phi) is 5.73. The maximum Gasteiger partial charge on any atom is 0.319 e. The second-order valence-corrected chi connectivity index (χ2v) is 6.15. The number of carbonyl (C=O) groups excluding carboxylic acids is 1. The topological polar surface area (TPSA) is 103 Å². The van der Waals surface area contributed by atoms with Crippen LogP contribution in [0.2, 0.25) is 0 Å². The van der Waals surface area contributed by atoms with Crippen molar-refractivity contribution in [2.24, 2.45) is 0 Å². The Morgan fingerprint density at radius 1 is 1.07 bits per heavy atom. The second kappa shape index (κ2) is 8.38. The van der Waals surface area contributed by atoms with Gasteiger partial charge in [0.1, 0.15) is 11.5 Å². The zero-order valence-corrected chi connectivity index (χ0v) is 16.2. The molecule has 2 N–H and O–H groups in total. The van der Waals surface area contributed by atoms with Gasteiger partial charge in [-0.3, -0.25) is 0 Å². The summed E-state index contributed by atoms with van der Waals surface area (Å²) in [7, 11) is 3.09. The normalized spacial score (nSPS) is 10.4. The second-order valence-electron chi connectivity index (χ2n) is 6.15. The smallest absolute Gasteiger partial charge is 0.319 e. The number of nitrogens with zero attached hydrogens (tertiary/aromatic N) is 4. The van der Waals surface area contributed by atoms with Crippen LogP contribution in [0, 0.1) is 13.8 Å². The van der Waals surface area contributed by atoms with Crippen LogP contribution in [0.15, 0.2) is 36.4 Å². The van der Waals surface area contributed by atoms with E-state index >= 15 is 0 Å². The van der Waals surface area contributed by atoms with E-state index in [2.05, 4.69) is 26.2 Å². The number of ether oxygens (including phenoxy) is 2. The van der Waals surface area contributed by atoms with Crippen LogP contribution in [-0.4, -0.2) is 40.5 Å². The molecule has 28 heavy (non-hydrogen) atoms. The summed E-state index contributed by atoms with van der Waals surface area (Å²) in [4.78, 5) is 12.3. The fourth-order valence-electron chi connectivity index (χ4n) is 2.60. The van der Waals surface area contributed by atoms with E-state index < -0.39 is 6.03 Å². The van der Waals surface area contributed by atoms with E-state index in [1.165, 1.54) is 12.7 Å². The van der Waals surface area contributed by atoms with Gasteiger partial charge in [-0.15, -0.1) is 5.10 Å². The summed E-state index contributed by atoms with van der Waals surface area (Å²) >= 11 is 0. The summed E-state index contributed by atoms with van der Waals surface area (Å²) in [6.07, 6.45) is 0. The molecule has 0 radical (unpaired) electrons. The zero-order valence-electron chi connectivity index (χ0n) is 16.2. The molecular weight excluding hydrogens is 360 g/mol. The molecule has 0 bridgehead atoms. The highest BCUT2D eigenvalue weighted by molar-refractivity contribution is 5.91. The molecule has 3 rings (SSSR count). The minimum Gasteiger partial charge on any atom is -0.497 e. The first kappa shape index (κ1) is 19.2. The number of rotatable bonds is 6. The van der Waals surface area contributed by atoms with Crippen molar-refractivity contribution in [1.29, 1.82) is 0 Å². The van der Waals surface area contributed by atoms with Crippen LogP contribution >= 0.6 is 0 Å². The number of benzene rings is 2. The van der Waals surface area contributed by atoms with Crippen LogP contribution in [0.4, 0.5) is 10.5 Å². The third-order valence-electron chi connectivity index (χ3n) is 4.33. The van der Waals surface area contributed by atoms with Gasteiger partial charge in [0.05, 0.1) is 32.1 Å². The first-order chi connectivity index (χ1) is 13.5. The molecule has 0 aliphatic carbocycles. The standard InChI is InChI=1S/C19H22N6O3/c1-12-5-6-14(9-13(12)2)25-18(22-23-24-25)11-20-19(26)21-16-8-7-15(27-3)10-17(16)28-4/h5-10H,11H2,1-4H3,(H2,20,21,26). The number of aromatic nitrogens is 4. The van der Waals surface area contributed by atoms with E-state index in [-0.39, 0.29) is 6.54 Å². The van der Waals surface area contributed by atoms with Crippen molar-refractivity contribution < 1.29 is 14.3 Å². The highest BCUT2D eigenvalue weighted by Crippen LogP contribution is 2.28. The lowest BCUT2D eigenvalue weighted by Gasteiger charge is -2.12. The molecule has 0 aliphatic heterocycles. The van der Waals surface area contributed by atoms with Crippen LogP contribution < -0.4 is 20.1 Å². The lowest BCUT2D eigenvalue weighted by molar-refractivity contribution is 0.251. The highest BCUT2D eigenvalue weighted by Gasteiger charge is 2.12. The molecule has 9 heteroatoms. The van der Waals surface area contributed by atoms with Crippen molar-refractivity contribution in [2.45, 2.75) is 20.4 Å². The Labute approximate surface area is 162 Å². The van der Waals surface area contributed by atoms with Gasteiger partial charge in [0, 0.05) is 6.07 Å². The molecule has 0 unspecified atom stereocenters. The fraction of sp³-hybridized carbons (Fsp3) is 0.263. The number of hydrogen-bond donors (Lipinski definition) is 2. The van der Waals surface area contributed by atoms with Gasteiger partial charge in [-0.05, 0) is 59.7 Å². The van der Waals surface area contributed by atoms with E-state index in [9.17, 15) is 4.79 Å². The van der Waals surface area contributed by atoms with Crippen LogP contribution in [0.5, 0.6) is 11.5 Å². The van der Waals surface area contributed by atoms with Gasteiger partial charge in [-0.25, -0.2) is 4.79 Å². The van der Waals surface area contributed by atoms with Gasteiger partial charge >= 0.3 is 6.03 Å². The number of urea groups is 1. The molecule has 0 aliphatic rings. The van der Waals surface area contributed by atoms with E-state index in [0.29, 0.717) is 23.0 Å². The van der Waals surface area contributed by atoms with Crippen LogP contribution in [0.1, 0.15) is 17.0 Å². The Bertz CT molecular complexity index is 986. The van der Waals surface area contributed by atoms with Crippen molar-refractivity contribution >= 4 is 11.7 Å². The number of tetrazole rings is 1. The molecule has 0 fully saturated rings. The molecule has 0 saturated heterocycles. The first-order valence-electron chi connectivity index (χ1n) is 8.63. The summed E-state index contributed by atoms with van der Waals surface area (Å²) in [6.45, 7) is 4.22. The number of hydrogen-bond acceptors (Lipinski definition) is 6. The number of anilines is 1. The van der Waals surface area contributed by atoms with E-state index in [1.54, 1.807) is 30.0 Å². The number of carbonyl (C=O) groups is 1. The van der Waals surface area contributed by atoms with Gasteiger partial charge in [0.2, 0.25) is 0 Å². The molecule has 1 aromatic heterocycles. The Hall–Kier alpha value is -3.62. The molecule has 3 aromatic rings. The van der Waals surface area contributed by atoms with Crippen LogP contribution in [-0.2, 0) is 6.54 Å². The van der Waals surface area contributed by atoms with Crippen LogP contribution in [0.25, 0.3) is 5.69 Å². The predicted octanol–water partition coefficient (Wildman–Crippen LogP) is 2.62. The lowest BCUT2D eigenvalue weighted by Crippen LogP contribution is -2.29. The van der Waals surface area contributed by atoms with Gasteiger partial charge in [0.15, 0.2) is 5.82 Å². The molecule has 0 spiro atoms. The molecule has 0 saturated carbocycles. The van der Waals surface area contributed by atoms with Crippen molar-refractivity contribution in [3.63, 3.8) is 0 Å². The van der Waals surface area contributed by atoms with Gasteiger partial charge < -0.3 is 20.1 Å². The van der Waals surface area contributed by atoms with Gasteiger partial charge in [-0.2, -0.15) is 4.68 Å². The van der Waals surface area contributed by atoms with E-state index in [0.717, 1.165) is 11.3 Å². The number of amides is 2. The minimum atomic E-state index is -0.405. The lowest BCUT2D eigenvalue weighted by atomic mass is 10.1. The first-order valence-corrected chi connectivity index (χ1v) is 8.63. The SMILES string of the molecule is COc1ccc(NC(=O)NCc2nnnn2-c2ccc(C)c(C)c2)c(OC)c1. The largest absolute Gasteiger partial charge is 0.497 e. The van der Waals surface area contributed by atoms with E-state index in [4.69, 9.17) is 9.47 Å². The summed E-state index contributed by atoms with van der Waals surface area (Å²) in [5.74, 6) is 1.64. The Morgan fingerprint density at radius 3 is 2.61 bits per heavy atom. The molecule has 1 heterocycles. The monoisotopic (exact) mass is 382 g/mol. The average Bonchev–Trinajstić information content (AvgIpc) is 3.17. The van der Waals surface area contributed by atoms with Gasteiger partial charge in [0.25, 0.3) is 0 Å². The molecular formula is C19H22N6O3. The molecule has 9 nitrogen and oxygen atoms in total. The summed E-state index contributed by atoms with van der Waals surface area (Å²) < 4.78 is 12.0. The highest BCUT2D eigenvalue weighted by atomic mass is 16.5. The Morgan fingerprint density at radius 2 is 1.89 bits per heavy atom. The maximum absolute atomic E-state index is 12.3. The fourth-order valence-corrected chi connectivity index (χ4v) is 2.60. The molecule has 0 atom stereocenters. The zero-order chi connectivity index (χ0) is 20.1. The Balaban J connectivity index is 1.68. The summed E-state index contributed by atoms with van der Waals surface area (Å²) in [6, 6.07) is 10.7. The number of aryl methyl sites for hydroxylation is 2. The number of methoxy groups -OCH3 is 2. The third-order valence-corrected chi connectivity index (χ3v) is 4.33. The van der Waals surface area contributed by atoms with E-state index in [1.807, 2.05) is 32.0 Å². The minimum absolute atomic E-state index is 0.157. The molecule has 2 aromatic carbocycles. The van der Waals surface area contributed by atoms with Gasteiger partial charge in [-0.1, -0.05) is 6.07 Å². The third kappa shape index (κ3) is 4.20. The average molecular weight is 382 g/mol. The van der Waals surface area contributed by atoms with Crippen molar-refractivity contribution in [3.8, 4) is 17.2 Å². The van der Waals surface area contributed by atoms with Crippen molar-refractivity contribution in [2.75, 3.05) is 19.5 Å². The van der Waals surface area contributed by atoms with Crippen molar-refractivity contribution in [1.82, 2.24) is 25.5 Å². The van der Waals surface area contributed by atoms with Crippen LogP contribution in [0.3, 0.4) is 0 Å². The quantitative estimate of drug-likeness (QED) is 0.679. The predicted molar refractivity (Wildman–Crippen MR) is 104 cm³/mol. The van der Waals surface area contributed by atoms with Crippen molar-refractivity contribution in [3.05, 3.63) is 53.3 Å².